The van der Waals surface area contributed by atoms with Crippen molar-refractivity contribution < 1.29 is 1.37 Å². The molecule has 20 heavy (non-hydrogen) atoms. The highest BCUT2D eigenvalue weighted by atomic mass is 14.6. The van der Waals surface area contributed by atoms with Gasteiger partial charge in [-0.05, 0) is 35.6 Å². The maximum absolute atomic E-state index is 8.30. The van der Waals surface area contributed by atoms with Crippen LogP contribution in [0.3, 0.4) is 0 Å². The molecule has 1 heterocycles. The van der Waals surface area contributed by atoms with Crippen LogP contribution in [0.4, 0.5) is 0 Å². The van der Waals surface area contributed by atoms with Crippen LogP contribution >= 0.6 is 0 Å². The first-order valence-corrected chi connectivity index (χ1v) is 7.45. The minimum Gasteiger partial charge on any atom is -0.263 e. The van der Waals surface area contributed by atoms with E-state index in [2.05, 4.69) is 37.0 Å². The molecular formula is C19H23N. The van der Waals surface area contributed by atoms with E-state index in [0.29, 0.717) is 0 Å². The summed E-state index contributed by atoms with van der Waals surface area (Å²) in [6, 6.07) is 13.2. The summed E-state index contributed by atoms with van der Waals surface area (Å²) in [5, 5.41) is 0. The van der Waals surface area contributed by atoms with Gasteiger partial charge >= 0.3 is 0 Å². The Kier molecular flexibility index (Phi) is 5.01. The molecule has 0 unspecified atom stereocenters. The number of aromatic nitrogens is 1. The molecule has 0 radical (unpaired) electrons. The number of hydrogen-bond acceptors (Lipinski definition) is 1. The molecule has 0 spiro atoms. The van der Waals surface area contributed by atoms with Crippen LogP contribution in [-0.4, -0.2) is 4.98 Å². The Labute approximate surface area is 123 Å². The molecule has 0 saturated heterocycles. The average Bonchev–Trinajstić information content (AvgIpc) is 2.54. The molecule has 2 aromatic rings. The predicted octanol–water partition coefficient (Wildman–Crippen LogP) is 5.73. The Morgan fingerprint density at radius 3 is 2.60 bits per heavy atom. The molecule has 1 nitrogen and oxygen atoms in total. The summed E-state index contributed by atoms with van der Waals surface area (Å²) in [7, 11) is 0. The Bertz CT molecular complexity index is 602. The quantitative estimate of drug-likeness (QED) is 0.650. The molecular weight excluding hydrogens is 242 g/mol. The summed E-state index contributed by atoms with van der Waals surface area (Å²) in [6.45, 7) is 4.28. The maximum Gasteiger partial charge on any atom is 0.0579 e. The van der Waals surface area contributed by atoms with Gasteiger partial charge in [0.05, 0.1) is 1.37 Å². The van der Waals surface area contributed by atoms with Gasteiger partial charge in [0.15, 0.2) is 0 Å². The second-order valence-electron chi connectivity index (χ2n) is 4.98. The summed E-state index contributed by atoms with van der Waals surface area (Å²) >= 11 is 0. The Balaban J connectivity index is 2.41. The monoisotopic (exact) mass is 266 g/mol. The van der Waals surface area contributed by atoms with Crippen molar-refractivity contribution in [1.82, 2.24) is 4.98 Å². The maximum atomic E-state index is 8.30. The zero-order valence-corrected chi connectivity index (χ0v) is 12.4. The standard InChI is InChI=1S/C19H23N/c1-3-5-10-16(9-4-2)18-13-19(15-20-14-18)17-11-7-6-8-12-17/h6-8,10-15H,3-5,9H2,1-2H3/b16-10+/i10D. The number of allylic oxidation sites excluding steroid dienone is 2. The first kappa shape index (κ1) is 13.1. The van der Waals surface area contributed by atoms with Crippen LogP contribution in [-0.2, 0) is 0 Å². The van der Waals surface area contributed by atoms with Crippen molar-refractivity contribution in [2.75, 3.05) is 0 Å². The number of benzene rings is 1. The van der Waals surface area contributed by atoms with Gasteiger partial charge in [0, 0.05) is 18.0 Å². The van der Waals surface area contributed by atoms with E-state index in [1.165, 1.54) is 5.56 Å². The van der Waals surface area contributed by atoms with Crippen LogP contribution in [0.25, 0.3) is 16.7 Å². The lowest BCUT2D eigenvalue weighted by molar-refractivity contribution is 0.932. The molecule has 0 bridgehead atoms. The van der Waals surface area contributed by atoms with Gasteiger partial charge in [-0.15, -0.1) is 0 Å². The SMILES string of the molecule is [2H]/C(CCC)=C(/CCC)c1cncc(-c2ccccc2)c1. The molecule has 0 fully saturated rings. The van der Waals surface area contributed by atoms with E-state index in [9.17, 15) is 0 Å². The van der Waals surface area contributed by atoms with Crippen LogP contribution in [0.1, 0.15) is 46.5 Å². The van der Waals surface area contributed by atoms with Gasteiger partial charge in [-0.25, -0.2) is 0 Å². The zero-order chi connectivity index (χ0) is 15.1. The lowest BCUT2D eigenvalue weighted by atomic mass is 9.98. The fourth-order valence-corrected chi connectivity index (χ4v) is 2.25. The normalized spacial score (nSPS) is 12.8. The van der Waals surface area contributed by atoms with Gasteiger partial charge in [-0.2, -0.15) is 0 Å². The highest BCUT2D eigenvalue weighted by molar-refractivity contribution is 5.71. The van der Waals surface area contributed by atoms with E-state index in [4.69, 9.17) is 1.37 Å². The second kappa shape index (κ2) is 7.64. The van der Waals surface area contributed by atoms with Gasteiger partial charge in [0.25, 0.3) is 0 Å². The van der Waals surface area contributed by atoms with Crippen molar-refractivity contribution in [3.05, 3.63) is 60.4 Å². The van der Waals surface area contributed by atoms with Gasteiger partial charge in [0.2, 0.25) is 0 Å². The highest BCUT2D eigenvalue weighted by Gasteiger charge is 2.04. The zero-order valence-electron chi connectivity index (χ0n) is 13.4. The molecule has 1 heteroatoms. The molecule has 1 aromatic carbocycles. The molecule has 0 aliphatic heterocycles. The molecule has 0 aliphatic rings. The average molecular weight is 266 g/mol. The third-order valence-corrected chi connectivity index (χ3v) is 3.28. The topological polar surface area (TPSA) is 12.9 Å². The molecule has 2 rings (SSSR count). The summed E-state index contributed by atoms with van der Waals surface area (Å²) in [4.78, 5) is 4.39. The van der Waals surface area contributed by atoms with E-state index in [-0.39, 0.29) is 0 Å². The number of hydrogen-bond donors (Lipinski definition) is 0. The fraction of sp³-hybridized carbons (Fsp3) is 0.316. The van der Waals surface area contributed by atoms with E-state index < -0.39 is 0 Å². The Morgan fingerprint density at radius 2 is 1.90 bits per heavy atom. The first-order valence-electron chi connectivity index (χ1n) is 7.95. The van der Waals surface area contributed by atoms with E-state index in [1.54, 1.807) is 0 Å². The smallest absolute Gasteiger partial charge is 0.0579 e. The Morgan fingerprint density at radius 1 is 1.10 bits per heavy atom. The van der Waals surface area contributed by atoms with Crippen molar-refractivity contribution in [2.24, 2.45) is 0 Å². The first-order chi connectivity index (χ1) is 10.3. The van der Waals surface area contributed by atoms with E-state index >= 15 is 0 Å². The van der Waals surface area contributed by atoms with Crippen molar-refractivity contribution in [3.8, 4) is 11.1 Å². The van der Waals surface area contributed by atoms with Crippen molar-refractivity contribution in [1.29, 1.82) is 0 Å². The van der Waals surface area contributed by atoms with Gasteiger partial charge in [0.1, 0.15) is 0 Å². The second-order valence-corrected chi connectivity index (χ2v) is 4.98. The van der Waals surface area contributed by atoms with E-state index in [0.717, 1.165) is 48.4 Å². The molecule has 0 saturated carbocycles. The van der Waals surface area contributed by atoms with Gasteiger partial charge in [-0.3, -0.25) is 4.98 Å². The molecule has 0 N–H and O–H groups in total. The third-order valence-electron chi connectivity index (χ3n) is 3.28. The van der Waals surface area contributed by atoms with Crippen LogP contribution in [0.15, 0.2) is 54.8 Å². The molecule has 0 atom stereocenters. The van der Waals surface area contributed by atoms with Crippen LogP contribution in [0.2, 0.25) is 0 Å². The summed E-state index contributed by atoms with van der Waals surface area (Å²) < 4.78 is 8.30. The molecule has 1 aromatic heterocycles. The minimum atomic E-state index is 0.756. The molecule has 0 amide bonds. The van der Waals surface area contributed by atoms with Crippen molar-refractivity contribution in [2.45, 2.75) is 39.5 Å². The minimum absolute atomic E-state index is 0.756. The highest BCUT2D eigenvalue weighted by Crippen LogP contribution is 2.25. The summed E-state index contributed by atoms with van der Waals surface area (Å²) in [5.74, 6) is 0. The predicted molar refractivity (Wildman–Crippen MR) is 87.5 cm³/mol. The lowest BCUT2D eigenvalue weighted by Crippen LogP contribution is -1.89. The number of pyridine rings is 1. The van der Waals surface area contributed by atoms with Crippen molar-refractivity contribution in [3.63, 3.8) is 0 Å². The Hall–Kier alpha value is -1.89. The molecule has 0 aliphatic carbocycles. The van der Waals surface area contributed by atoms with Crippen molar-refractivity contribution >= 4 is 5.57 Å². The van der Waals surface area contributed by atoms with Gasteiger partial charge in [-0.1, -0.05) is 63.1 Å². The van der Waals surface area contributed by atoms with Crippen LogP contribution in [0.5, 0.6) is 0 Å². The van der Waals surface area contributed by atoms with E-state index in [1.807, 2.05) is 30.6 Å². The van der Waals surface area contributed by atoms with Gasteiger partial charge < -0.3 is 0 Å². The lowest BCUT2D eigenvalue weighted by Gasteiger charge is -2.09. The number of nitrogens with zero attached hydrogens (tertiary/aromatic N) is 1. The third kappa shape index (κ3) is 3.80. The van der Waals surface area contributed by atoms with Crippen LogP contribution < -0.4 is 0 Å². The number of rotatable bonds is 6. The largest absolute Gasteiger partial charge is 0.263 e. The molecule has 104 valence electrons. The summed E-state index contributed by atoms with van der Waals surface area (Å²) in [5.41, 5.74) is 4.53. The van der Waals surface area contributed by atoms with Crippen LogP contribution in [0, 0.1) is 0 Å². The summed E-state index contributed by atoms with van der Waals surface area (Å²) in [6.07, 6.45) is 7.63. The fourth-order valence-electron chi connectivity index (χ4n) is 2.25.